The molecule has 0 bridgehead atoms. The molecular weight excluding hydrogens is 238 g/mol. The van der Waals surface area contributed by atoms with E-state index in [4.69, 9.17) is 5.11 Å². The van der Waals surface area contributed by atoms with Crippen molar-refractivity contribution in [2.24, 2.45) is 0 Å². The molecule has 0 radical (unpaired) electrons. The average molecular weight is 255 g/mol. The molecule has 3 N–H and O–H groups in total. The van der Waals surface area contributed by atoms with Crippen molar-refractivity contribution in [1.29, 1.82) is 0 Å². The van der Waals surface area contributed by atoms with E-state index in [1.807, 2.05) is 0 Å². The van der Waals surface area contributed by atoms with E-state index in [9.17, 15) is 9.59 Å². The summed E-state index contributed by atoms with van der Waals surface area (Å²) in [6.45, 7) is 2.79. The lowest BCUT2D eigenvalue weighted by Crippen LogP contribution is -2.45. The second-order valence-electron chi connectivity index (χ2n) is 3.72. The minimum atomic E-state index is -1.03. The highest BCUT2D eigenvalue weighted by Crippen LogP contribution is 1.90. The zero-order valence-corrected chi connectivity index (χ0v) is 10.2. The maximum Gasteiger partial charge on any atom is 0.326 e. The molecule has 8 heteroatoms. The highest BCUT2D eigenvalue weighted by molar-refractivity contribution is 5.82. The van der Waals surface area contributed by atoms with Gasteiger partial charge in [0.25, 0.3) is 0 Å². The van der Waals surface area contributed by atoms with E-state index in [0.717, 1.165) is 0 Å². The van der Waals surface area contributed by atoms with Crippen molar-refractivity contribution in [1.82, 2.24) is 25.6 Å². The van der Waals surface area contributed by atoms with Gasteiger partial charge in [0.05, 0.1) is 6.20 Å². The Balaban J connectivity index is 2.15. The minimum absolute atomic E-state index is 0.349. The van der Waals surface area contributed by atoms with Gasteiger partial charge in [-0.15, -0.1) is 5.10 Å². The van der Waals surface area contributed by atoms with Crippen LogP contribution in [-0.4, -0.2) is 44.7 Å². The Kier molecular flexibility index (Phi) is 5.62. The molecule has 0 aliphatic rings. The van der Waals surface area contributed by atoms with Crippen molar-refractivity contribution in [3.63, 3.8) is 0 Å². The van der Waals surface area contributed by atoms with E-state index in [1.165, 1.54) is 0 Å². The number of hydrogen-bond acceptors (Lipinski definition) is 4. The normalized spacial score (nSPS) is 11.8. The number of urea groups is 1. The van der Waals surface area contributed by atoms with E-state index in [1.54, 1.807) is 24.0 Å². The fraction of sp³-hybridized carbons (Fsp3) is 0.600. The fourth-order valence-corrected chi connectivity index (χ4v) is 1.34. The Labute approximate surface area is 104 Å². The van der Waals surface area contributed by atoms with Gasteiger partial charge < -0.3 is 15.7 Å². The molecule has 0 fully saturated rings. The van der Waals surface area contributed by atoms with Crippen LogP contribution in [0.5, 0.6) is 0 Å². The van der Waals surface area contributed by atoms with Crippen LogP contribution in [0.2, 0.25) is 0 Å². The molecule has 1 atom stereocenters. The van der Waals surface area contributed by atoms with Gasteiger partial charge in [-0.25, -0.2) is 9.59 Å². The van der Waals surface area contributed by atoms with Crippen molar-refractivity contribution in [2.45, 2.75) is 32.4 Å². The number of hydrogen-bond donors (Lipinski definition) is 3. The molecule has 0 spiro atoms. The molecule has 0 aromatic carbocycles. The van der Waals surface area contributed by atoms with Crippen LogP contribution in [0.3, 0.4) is 0 Å². The SMILES string of the molecule is CCC(NC(=O)NCCCn1ccnn1)C(=O)O. The maximum absolute atomic E-state index is 11.4. The smallest absolute Gasteiger partial charge is 0.326 e. The number of rotatable bonds is 7. The number of carbonyl (C=O) groups is 2. The fourth-order valence-electron chi connectivity index (χ4n) is 1.34. The molecular formula is C10H17N5O3. The summed E-state index contributed by atoms with van der Waals surface area (Å²) in [5, 5.41) is 21.2. The molecule has 2 amide bonds. The summed E-state index contributed by atoms with van der Waals surface area (Å²) < 4.78 is 1.66. The zero-order chi connectivity index (χ0) is 13.4. The highest BCUT2D eigenvalue weighted by Gasteiger charge is 2.16. The summed E-state index contributed by atoms with van der Waals surface area (Å²) in [5.74, 6) is -1.03. The molecule has 18 heavy (non-hydrogen) atoms. The Bertz CT molecular complexity index is 379. The number of aryl methyl sites for hydroxylation is 1. The predicted molar refractivity (Wildman–Crippen MR) is 62.9 cm³/mol. The number of amides is 2. The van der Waals surface area contributed by atoms with E-state index in [-0.39, 0.29) is 0 Å². The van der Waals surface area contributed by atoms with Crippen LogP contribution in [-0.2, 0) is 11.3 Å². The van der Waals surface area contributed by atoms with Crippen LogP contribution in [0, 0.1) is 0 Å². The highest BCUT2D eigenvalue weighted by atomic mass is 16.4. The van der Waals surface area contributed by atoms with Crippen LogP contribution in [0.1, 0.15) is 19.8 Å². The van der Waals surface area contributed by atoms with Gasteiger partial charge >= 0.3 is 12.0 Å². The van der Waals surface area contributed by atoms with Crippen LogP contribution in [0.15, 0.2) is 12.4 Å². The summed E-state index contributed by atoms with van der Waals surface area (Å²) in [5.41, 5.74) is 0. The number of nitrogens with one attached hydrogen (secondary N) is 2. The second kappa shape index (κ2) is 7.25. The van der Waals surface area contributed by atoms with Gasteiger partial charge in [0, 0.05) is 19.3 Å². The lowest BCUT2D eigenvalue weighted by Gasteiger charge is -2.12. The average Bonchev–Trinajstić information content (AvgIpc) is 2.84. The van der Waals surface area contributed by atoms with Crippen LogP contribution >= 0.6 is 0 Å². The number of carbonyl (C=O) groups excluding carboxylic acids is 1. The van der Waals surface area contributed by atoms with E-state index in [2.05, 4.69) is 20.9 Å². The molecule has 1 aromatic heterocycles. The minimum Gasteiger partial charge on any atom is -0.480 e. The lowest BCUT2D eigenvalue weighted by atomic mass is 10.2. The number of carboxylic acids is 1. The van der Waals surface area contributed by atoms with Crippen LogP contribution in [0.4, 0.5) is 4.79 Å². The van der Waals surface area contributed by atoms with Gasteiger partial charge in [0.2, 0.25) is 0 Å². The maximum atomic E-state index is 11.4. The van der Waals surface area contributed by atoms with E-state index >= 15 is 0 Å². The summed E-state index contributed by atoms with van der Waals surface area (Å²) in [6, 6.07) is -1.32. The molecule has 0 aliphatic carbocycles. The predicted octanol–water partition coefficient (Wildman–Crippen LogP) is -0.169. The summed E-state index contributed by atoms with van der Waals surface area (Å²) in [7, 11) is 0. The van der Waals surface area contributed by atoms with Crippen molar-refractivity contribution in [3.05, 3.63) is 12.4 Å². The quantitative estimate of drug-likeness (QED) is 0.586. The van der Waals surface area contributed by atoms with Crippen LogP contribution in [0.25, 0.3) is 0 Å². The third-order valence-electron chi connectivity index (χ3n) is 2.33. The molecule has 0 aliphatic heterocycles. The molecule has 1 aromatic rings. The number of nitrogens with zero attached hydrogens (tertiary/aromatic N) is 3. The number of aliphatic carboxylic acids is 1. The molecule has 1 unspecified atom stereocenters. The first kappa shape index (κ1) is 13.9. The summed E-state index contributed by atoms with van der Waals surface area (Å²) in [4.78, 5) is 22.0. The standard InChI is InChI=1S/C10H17N5O3/c1-2-8(9(16)17)13-10(18)11-4-3-6-15-7-5-12-14-15/h5,7-8H,2-4,6H2,1H3,(H,16,17)(H2,11,13,18). The summed E-state index contributed by atoms with van der Waals surface area (Å²) in [6.07, 6.45) is 4.36. The van der Waals surface area contributed by atoms with Crippen molar-refractivity contribution in [3.8, 4) is 0 Å². The van der Waals surface area contributed by atoms with Crippen LogP contribution < -0.4 is 10.6 Å². The van der Waals surface area contributed by atoms with Gasteiger partial charge in [-0.2, -0.15) is 0 Å². The monoisotopic (exact) mass is 255 g/mol. The Morgan fingerprint density at radius 3 is 2.83 bits per heavy atom. The number of carboxylic acid groups (broad SMARTS) is 1. The first-order valence-electron chi connectivity index (χ1n) is 5.74. The van der Waals surface area contributed by atoms with Crippen molar-refractivity contribution in [2.75, 3.05) is 6.54 Å². The van der Waals surface area contributed by atoms with Gasteiger partial charge in [-0.3, -0.25) is 4.68 Å². The van der Waals surface area contributed by atoms with Gasteiger partial charge in [0.15, 0.2) is 0 Å². The van der Waals surface area contributed by atoms with Crippen molar-refractivity contribution >= 4 is 12.0 Å². The first-order chi connectivity index (χ1) is 8.63. The third-order valence-corrected chi connectivity index (χ3v) is 2.33. The zero-order valence-electron chi connectivity index (χ0n) is 10.2. The van der Waals surface area contributed by atoms with Gasteiger partial charge in [0.1, 0.15) is 6.04 Å². The van der Waals surface area contributed by atoms with Gasteiger partial charge in [-0.1, -0.05) is 12.1 Å². The largest absolute Gasteiger partial charge is 0.480 e. The van der Waals surface area contributed by atoms with Crippen molar-refractivity contribution < 1.29 is 14.7 Å². The number of aromatic nitrogens is 3. The summed E-state index contributed by atoms with van der Waals surface area (Å²) >= 11 is 0. The molecule has 0 saturated carbocycles. The lowest BCUT2D eigenvalue weighted by molar-refractivity contribution is -0.139. The molecule has 1 rings (SSSR count). The first-order valence-corrected chi connectivity index (χ1v) is 5.74. The van der Waals surface area contributed by atoms with E-state index < -0.39 is 18.0 Å². The molecule has 8 nitrogen and oxygen atoms in total. The molecule has 0 saturated heterocycles. The molecule has 100 valence electrons. The Morgan fingerprint density at radius 2 is 2.28 bits per heavy atom. The van der Waals surface area contributed by atoms with Gasteiger partial charge in [-0.05, 0) is 12.8 Å². The van der Waals surface area contributed by atoms with E-state index in [0.29, 0.717) is 25.9 Å². The molecule has 1 heterocycles. The third kappa shape index (κ3) is 4.81. The topological polar surface area (TPSA) is 109 Å². The Morgan fingerprint density at radius 1 is 1.50 bits per heavy atom. The second-order valence-corrected chi connectivity index (χ2v) is 3.72. The Hall–Kier alpha value is -2.12.